The summed E-state index contributed by atoms with van der Waals surface area (Å²) in [5.41, 5.74) is 0. The highest BCUT2D eigenvalue weighted by Crippen LogP contribution is 2.19. The van der Waals surface area contributed by atoms with Crippen molar-refractivity contribution >= 4 is 0 Å². The van der Waals surface area contributed by atoms with E-state index in [0.717, 1.165) is 11.8 Å². The minimum absolute atomic E-state index is 0.858. The standard InChI is InChI=1S/C10H23N/c1-5-10(9(2)3)7-6-8-11-4/h9-11H,5-8H2,1-4H3. The molecule has 0 aliphatic rings. The average Bonchev–Trinajstić information content (AvgIpc) is 1.97. The maximum atomic E-state index is 3.19. The summed E-state index contributed by atoms with van der Waals surface area (Å²) in [6.45, 7) is 8.12. The van der Waals surface area contributed by atoms with Crippen LogP contribution >= 0.6 is 0 Å². The second kappa shape index (κ2) is 6.66. The summed E-state index contributed by atoms with van der Waals surface area (Å²) in [6, 6.07) is 0. The third-order valence-electron chi connectivity index (χ3n) is 2.47. The van der Waals surface area contributed by atoms with Gasteiger partial charge >= 0.3 is 0 Å². The van der Waals surface area contributed by atoms with Gasteiger partial charge in [-0.25, -0.2) is 0 Å². The lowest BCUT2D eigenvalue weighted by molar-refractivity contribution is 0.340. The smallest absolute Gasteiger partial charge is 0.00518 e. The summed E-state index contributed by atoms with van der Waals surface area (Å²) >= 11 is 0. The Bertz CT molecular complexity index is 78.9. The largest absolute Gasteiger partial charge is 0.320 e. The molecule has 0 bridgehead atoms. The molecule has 0 aliphatic heterocycles. The van der Waals surface area contributed by atoms with Crippen LogP contribution < -0.4 is 5.32 Å². The molecule has 1 heteroatoms. The van der Waals surface area contributed by atoms with Gasteiger partial charge in [0, 0.05) is 0 Å². The van der Waals surface area contributed by atoms with Gasteiger partial charge in [-0.05, 0) is 38.3 Å². The number of hydrogen-bond donors (Lipinski definition) is 1. The van der Waals surface area contributed by atoms with Crippen LogP contribution in [0.2, 0.25) is 0 Å². The quantitative estimate of drug-likeness (QED) is 0.584. The molecule has 0 fully saturated rings. The molecule has 0 aromatic rings. The molecule has 0 saturated heterocycles. The lowest BCUT2D eigenvalue weighted by Gasteiger charge is -2.18. The Morgan fingerprint density at radius 1 is 1.27 bits per heavy atom. The molecule has 1 N–H and O–H groups in total. The van der Waals surface area contributed by atoms with Crippen molar-refractivity contribution in [3.8, 4) is 0 Å². The molecule has 1 unspecified atom stereocenters. The highest BCUT2D eigenvalue weighted by Gasteiger charge is 2.09. The zero-order valence-corrected chi connectivity index (χ0v) is 8.48. The lowest BCUT2D eigenvalue weighted by Crippen LogP contribution is -2.12. The lowest BCUT2D eigenvalue weighted by atomic mass is 9.89. The Labute approximate surface area is 71.6 Å². The van der Waals surface area contributed by atoms with Gasteiger partial charge in [-0.15, -0.1) is 0 Å². The van der Waals surface area contributed by atoms with E-state index < -0.39 is 0 Å². The third-order valence-corrected chi connectivity index (χ3v) is 2.47. The van der Waals surface area contributed by atoms with Gasteiger partial charge in [0.2, 0.25) is 0 Å². The van der Waals surface area contributed by atoms with Crippen LogP contribution in [0.1, 0.15) is 40.0 Å². The molecule has 0 aromatic heterocycles. The molecule has 68 valence electrons. The maximum Gasteiger partial charge on any atom is -0.00518 e. The van der Waals surface area contributed by atoms with Gasteiger partial charge in [0.05, 0.1) is 0 Å². The van der Waals surface area contributed by atoms with Gasteiger partial charge in [0.1, 0.15) is 0 Å². The Kier molecular flexibility index (Phi) is 6.63. The zero-order valence-electron chi connectivity index (χ0n) is 8.48. The van der Waals surface area contributed by atoms with Crippen molar-refractivity contribution in [2.45, 2.75) is 40.0 Å². The minimum atomic E-state index is 0.858. The van der Waals surface area contributed by atoms with Crippen molar-refractivity contribution in [2.24, 2.45) is 11.8 Å². The van der Waals surface area contributed by atoms with Crippen LogP contribution in [0.4, 0.5) is 0 Å². The Morgan fingerprint density at radius 2 is 1.91 bits per heavy atom. The second-order valence-corrected chi connectivity index (χ2v) is 3.66. The molecule has 1 nitrogen and oxygen atoms in total. The topological polar surface area (TPSA) is 12.0 Å². The molecule has 0 spiro atoms. The van der Waals surface area contributed by atoms with E-state index in [0.29, 0.717) is 0 Å². The fraction of sp³-hybridized carbons (Fsp3) is 1.00. The number of nitrogens with one attached hydrogen (secondary N) is 1. The first kappa shape index (κ1) is 11.0. The Morgan fingerprint density at radius 3 is 2.27 bits per heavy atom. The third kappa shape index (κ3) is 5.25. The van der Waals surface area contributed by atoms with Crippen LogP contribution in [0, 0.1) is 11.8 Å². The van der Waals surface area contributed by atoms with Gasteiger partial charge in [-0.1, -0.05) is 27.2 Å². The van der Waals surface area contributed by atoms with E-state index in [1.165, 1.54) is 25.8 Å². The first-order valence-electron chi connectivity index (χ1n) is 4.87. The maximum absolute atomic E-state index is 3.19. The molecular weight excluding hydrogens is 134 g/mol. The second-order valence-electron chi connectivity index (χ2n) is 3.66. The molecule has 0 aliphatic carbocycles. The van der Waals surface area contributed by atoms with Crippen LogP contribution in [0.15, 0.2) is 0 Å². The average molecular weight is 157 g/mol. The summed E-state index contributed by atoms with van der Waals surface area (Å²) < 4.78 is 0. The summed E-state index contributed by atoms with van der Waals surface area (Å²) in [5.74, 6) is 1.79. The zero-order chi connectivity index (χ0) is 8.69. The fourth-order valence-corrected chi connectivity index (χ4v) is 1.55. The Balaban J connectivity index is 3.36. The molecule has 0 heterocycles. The molecule has 0 radical (unpaired) electrons. The van der Waals surface area contributed by atoms with E-state index in [1.54, 1.807) is 0 Å². The van der Waals surface area contributed by atoms with E-state index in [4.69, 9.17) is 0 Å². The molecule has 0 amide bonds. The first-order valence-corrected chi connectivity index (χ1v) is 4.87. The monoisotopic (exact) mass is 157 g/mol. The summed E-state index contributed by atoms with van der Waals surface area (Å²) in [7, 11) is 2.02. The molecule has 1 atom stereocenters. The summed E-state index contributed by atoms with van der Waals surface area (Å²) in [5, 5.41) is 3.19. The van der Waals surface area contributed by atoms with Gasteiger partial charge in [0.15, 0.2) is 0 Å². The van der Waals surface area contributed by atoms with E-state index >= 15 is 0 Å². The molecule has 0 rings (SSSR count). The fourth-order valence-electron chi connectivity index (χ4n) is 1.55. The molecular formula is C10H23N. The van der Waals surface area contributed by atoms with Crippen molar-refractivity contribution in [2.75, 3.05) is 13.6 Å². The van der Waals surface area contributed by atoms with Crippen LogP contribution in [0.25, 0.3) is 0 Å². The van der Waals surface area contributed by atoms with Crippen molar-refractivity contribution < 1.29 is 0 Å². The highest BCUT2D eigenvalue weighted by molar-refractivity contribution is 4.61. The van der Waals surface area contributed by atoms with E-state index in [2.05, 4.69) is 26.1 Å². The molecule has 11 heavy (non-hydrogen) atoms. The highest BCUT2D eigenvalue weighted by atomic mass is 14.8. The van der Waals surface area contributed by atoms with E-state index in [9.17, 15) is 0 Å². The molecule has 0 saturated carbocycles. The van der Waals surface area contributed by atoms with Gasteiger partial charge in [0.25, 0.3) is 0 Å². The van der Waals surface area contributed by atoms with Crippen LogP contribution in [-0.4, -0.2) is 13.6 Å². The summed E-state index contributed by atoms with van der Waals surface area (Å²) in [4.78, 5) is 0. The van der Waals surface area contributed by atoms with Crippen molar-refractivity contribution in [1.29, 1.82) is 0 Å². The predicted molar refractivity (Wildman–Crippen MR) is 51.8 cm³/mol. The predicted octanol–water partition coefficient (Wildman–Crippen LogP) is 2.67. The van der Waals surface area contributed by atoms with Crippen molar-refractivity contribution in [1.82, 2.24) is 5.32 Å². The summed E-state index contributed by atoms with van der Waals surface area (Å²) in [6.07, 6.45) is 4.05. The van der Waals surface area contributed by atoms with Crippen molar-refractivity contribution in [3.05, 3.63) is 0 Å². The SMILES string of the molecule is CCC(CCCNC)C(C)C. The first-order chi connectivity index (χ1) is 5.22. The van der Waals surface area contributed by atoms with Gasteiger partial charge in [-0.2, -0.15) is 0 Å². The van der Waals surface area contributed by atoms with Crippen molar-refractivity contribution in [3.63, 3.8) is 0 Å². The Hall–Kier alpha value is -0.0400. The number of hydrogen-bond acceptors (Lipinski definition) is 1. The van der Waals surface area contributed by atoms with Gasteiger partial charge < -0.3 is 5.32 Å². The van der Waals surface area contributed by atoms with E-state index in [-0.39, 0.29) is 0 Å². The van der Waals surface area contributed by atoms with Gasteiger partial charge in [-0.3, -0.25) is 0 Å². The van der Waals surface area contributed by atoms with Crippen LogP contribution in [0.5, 0.6) is 0 Å². The van der Waals surface area contributed by atoms with Crippen LogP contribution in [0.3, 0.4) is 0 Å². The minimum Gasteiger partial charge on any atom is -0.320 e. The van der Waals surface area contributed by atoms with E-state index in [1.807, 2.05) is 7.05 Å². The van der Waals surface area contributed by atoms with Crippen LogP contribution in [-0.2, 0) is 0 Å². The number of rotatable bonds is 6. The molecule has 0 aromatic carbocycles. The normalized spacial score (nSPS) is 13.9.